The third-order valence-corrected chi connectivity index (χ3v) is 4.29. The van der Waals surface area contributed by atoms with Crippen LogP contribution in [0.15, 0.2) is 0 Å². The van der Waals surface area contributed by atoms with Crippen LogP contribution in [0.25, 0.3) is 0 Å². The molecule has 18 heavy (non-hydrogen) atoms. The molecule has 5 heteroatoms. The lowest BCUT2D eigenvalue weighted by molar-refractivity contribution is -0.145. The summed E-state index contributed by atoms with van der Waals surface area (Å²) in [4.78, 5) is 25.7. The van der Waals surface area contributed by atoms with Gasteiger partial charge in [-0.25, -0.2) is 5.84 Å². The molecule has 0 bridgehead atoms. The smallest absolute Gasteiger partial charge is 0.237 e. The lowest BCUT2D eigenvalue weighted by Crippen LogP contribution is -2.49. The van der Waals surface area contributed by atoms with Gasteiger partial charge in [-0.3, -0.25) is 15.0 Å². The fourth-order valence-electron chi connectivity index (χ4n) is 2.12. The van der Waals surface area contributed by atoms with Crippen molar-refractivity contribution in [3.8, 4) is 0 Å². The molecule has 2 amide bonds. The number of carbonyl (C=O) groups excluding carboxylic acids is 2. The van der Waals surface area contributed by atoms with Gasteiger partial charge in [-0.1, -0.05) is 27.7 Å². The van der Waals surface area contributed by atoms with E-state index < -0.39 is 0 Å². The Kier molecular flexibility index (Phi) is 4.73. The lowest BCUT2D eigenvalue weighted by atomic mass is 9.79. The van der Waals surface area contributed by atoms with Crippen LogP contribution in [0.3, 0.4) is 0 Å². The van der Waals surface area contributed by atoms with Crippen molar-refractivity contribution < 1.29 is 9.59 Å². The quantitative estimate of drug-likeness (QED) is 0.447. The van der Waals surface area contributed by atoms with Gasteiger partial charge in [-0.2, -0.15) is 0 Å². The first-order valence-corrected chi connectivity index (χ1v) is 6.60. The number of nitrogens with zero attached hydrogens (tertiary/aromatic N) is 1. The van der Waals surface area contributed by atoms with Gasteiger partial charge < -0.3 is 4.90 Å². The fourth-order valence-corrected chi connectivity index (χ4v) is 2.12. The standard InChI is InChI=1S/C13H25N3O2/c1-9(2)13(3,4)12(18)16-7-5-10(6-8-16)11(17)15-14/h9-10H,5-8,14H2,1-4H3,(H,15,17). The summed E-state index contributed by atoms with van der Waals surface area (Å²) < 4.78 is 0. The Labute approximate surface area is 109 Å². The number of nitrogens with one attached hydrogen (secondary N) is 1. The van der Waals surface area contributed by atoms with Crippen molar-refractivity contribution in [2.75, 3.05) is 13.1 Å². The Hall–Kier alpha value is -1.10. The first-order valence-electron chi connectivity index (χ1n) is 6.60. The third kappa shape index (κ3) is 3.02. The normalized spacial score (nSPS) is 18.0. The summed E-state index contributed by atoms with van der Waals surface area (Å²) in [6, 6.07) is 0. The monoisotopic (exact) mass is 255 g/mol. The molecule has 0 aromatic rings. The van der Waals surface area contributed by atoms with E-state index in [-0.39, 0.29) is 23.1 Å². The van der Waals surface area contributed by atoms with E-state index in [9.17, 15) is 9.59 Å². The Bertz CT molecular complexity index is 318. The molecule has 0 unspecified atom stereocenters. The number of likely N-dealkylation sites (tertiary alicyclic amines) is 1. The number of carbonyl (C=O) groups is 2. The number of rotatable bonds is 3. The van der Waals surface area contributed by atoms with Crippen LogP contribution >= 0.6 is 0 Å². The molecule has 3 N–H and O–H groups in total. The number of nitrogens with two attached hydrogens (primary N) is 1. The molecule has 0 aromatic carbocycles. The van der Waals surface area contributed by atoms with Crippen molar-refractivity contribution >= 4 is 11.8 Å². The summed E-state index contributed by atoms with van der Waals surface area (Å²) >= 11 is 0. The van der Waals surface area contributed by atoms with Crippen LogP contribution in [0.5, 0.6) is 0 Å². The second kappa shape index (κ2) is 5.69. The largest absolute Gasteiger partial charge is 0.342 e. The van der Waals surface area contributed by atoms with Gasteiger partial charge in [0, 0.05) is 24.4 Å². The predicted molar refractivity (Wildman–Crippen MR) is 70.3 cm³/mol. The highest BCUT2D eigenvalue weighted by molar-refractivity contribution is 5.83. The SMILES string of the molecule is CC(C)C(C)(C)C(=O)N1CCC(C(=O)NN)CC1. The van der Waals surface area contributed by atoms with Gasteiger partial charge in [0.15, 0.2) is 0 Å². The molecule has 1 aliphatic rings. The molecule has 0 aliphatic carbocycles. The van der Waals surface area contributed by atoms with Crippen LogP contribution in [0, 0.1) is 17.3 Å². The van der Waals surface area contributed by atoms with Crippen molar-refractivity contribution in [2.24, 2.45) is 23.1 Å². The zero-order valence-corrected chi connectivity index (χ0v) is 11.8. The lowest BCUT2D eigenvalue weighted by Gasteiger charge is -2.38. The highest BCUT2D eigenvalue weighted by Gasteiger charge is 2.37. The Balaban J connectivity index is 2.58. The van der Waals surface area contributed by atoms with E-state index in [1.165, 1.54) is 0 Å². The molecule has 1 aliphatic heterocycles. The van der Waals surface area contributed by atoms with Crippen molar-refractivity contribution in [2.45, 2.75) is 40.5 Å². The first-order chi connectivity index (χ1) is 8.30. The Morgan fingerprint density at radius 3 is 2.17 bits per heavy atom. The van der Waals surface area contributed by atoms with Crippen LogP contribution in [-0.2, 0) is 9.59 Å². The van der Waals surface area contributed by atoms with E-state index in [4.69, 9.17) is 5.84 Å². The highest BCUT2D eigenvalue weighted by Crippen LogP contribution is 2.30. The van der Waals surface area contributed by atoms with Crippen molar-refractivity contribution in [3.63, 3.8) is 0 Å². The van der Waals surface area contributed by atoms with Crippen LogP contribution in [-0.4, -0.2) is 29.8 Å². The fraction of sp³-hybridized carbons (Fsp3) is 0.846. The molecule has 0 radical (unpaired) electrons. The van der Waals surface area contributed by atoms with Crippen LogP contribution in [0.4, 0.5) is 0 Å². The molecular weight excluding hydrogens is 230 g/mol. The van der Waals surface area contributed by atoms with Crippen molar-refractivity contribution in [1.82, 2.24) is 10.3 Å². The van der Waals surface area contributed by atoms with E-state index in [0.717, 1.165) is 0 Å². The molecule has 104 valence electrons. The summed E-state index contributed by atoms with van der Waals surface area (Å²) in [6.07, 6.45) is 1.39. The zero-order chi connectivity index (χ0) is 13.9. The van der Waals surface area contributed by atoms with Gasteiger partial charge >= 0.3 is 0 Å². The molecule has 1 saturated heterocycles. The first kappa shape index (κ1) is 15.0. The average molecular weight is 255 g/mol. The summed E-state index contributed by atoms with van der Waals surface area (Å²) in [7, 11) is 0. The molecule has 1 fully saturated rings. The molecule has 0 spiro atoms. The third-order valence-electron chi connectivity index (χ3n) is 4.29. The van der Waals surface area contributed by atoms with E-state index in [0.29, 0.717) is 31.8 Å². The van der Waals surface area contributed by atoms with Gasteiger partial charge in [-0.15, -0.1) is 0 Å². The van der Waals surface area contributed by atoms with Gasteiger partial charge in [-0.05, 0) is 18.8 Å². The van der Waals surface area contributed by atoms with Gasteiger partial charge in [0.05, 0.1) is 0 Å². The van der Waals surface area contributed by atoms with Crippen molar-refractivity contribution in [3.05, 3.63) is 0 Å². The number of hydrazine groups is 1. The van der Waals surface area contributed by atoms with E-state index in [1.807, 2.05) is 18.7 Å². The average Bonchev–Trinajstić information content (AvgIpc) is 2.36. The van der Waals surface area contributed by atoms with Gasteiger partial charge in [0.1, 0.15) is 0 Å². The maximum absolute atomic E-state index is 12.4. The van der Waals surface area contributed by atoms with Crippen LogP contribution in [0.2, 0.25) is 0 Å². The topological polar surface area (TPSA) is 75.4 Å². The summed E-state index contributed by atoms with van der Waals surface area (Å²) in [5, 5.41) is 0. The molecule has 5 nitrogen and oxygen atoms in total. The molecule has 1 rings (SSSR count). The molecular formula is C13H25N3O2. The Morgan fingerprint density at radius 2 is 1.78 bits per heavy atom. The van der Waals surface area contributed by atoms with Crippen LogP contribution in [0.1, 0.15) is 40.5 Å². The number of hydrogen-bond donors (Lipinski definition) is 2. The number of hydrogen-bond acceptors (Lipinski definition) is 3. The summed E-state index contributed by atoms with van der Waals surface area (Å²) in [5.41, 5.74) is 1.84. The second-order valence-electron chi connectivity index (χ2n) is 5.95. The predicted octanol–water partition coefficient (Wildman–Crippen LogP) is 0.897. The molecule has 1 heterocycles. The molecule has 0 atom stereocenters. The summed E-state index contributed by atoms with van der Waals surface area (Å²) in [6.45, 7) is 9.39. The summed E-state index contributed by atoms with van der Waals surface area (Å²) in [5.74, 6) is 5.44. The van der Waals surface area contributed by atoms with E-state index >= 15 is 0 Å². The maximum Gasteiger partial charge on any atom is 0.237 e. The number of amides is 2. The minimum atomic E-state index is -0.344. The zero-order valence-electron chi connectivity index (χ0n) is 11.8. The van der Waals surface area contributed by atoms with Gasteiger partial charge in [0.25, 0.3) is 0 Å². The van der Waals surface area contributed by atoms with E-state index in [1.54, 1.807) is 0 Å². The van der Waals surface area contributed by atoms with E-state index in [2.05, 4.69) is 19.3 Å². The Morgan fingerprint density at radius 1 is 1.28 bits per heavy atom. The highest BCUT2D eigenvalue weighted by atomic mass is 16.2. The van der Waals surface area contributed by atoms with Gasteiger partial charge in [0.2, 0.25) is 11.8 Å². The second-order valence-corrected chi connectivity index (χ2v) is 5.95. The minimum Gasteiger partial charge on any atom is -0.342 e. The van der Waals surface area contributed by atoms with Crippen LogP contribution < -0.4 is 11.3 Å². The molecule has 0 aromatic heterocycles. The number of piperidine rings is 1. The molecule has 0 saturated carbocycles. The minimum absolute atomic E-state index is 0.0544. The van der Waals surface area contributed by atoms with Crippen molar-refractivity contribution in [1.29, 1.82) is 0 Å². The maximum atomic E-state index is 12.4.